The smallest absolute Gasteiger partial charge is 0.0562 e. The van der Waals surface area contributed by atoms with Crippen molar-refractivity contribution < 1.29 is 0 Å². The maximum atomic E-state index is 4.99. The molecule has 28 aromatic rings. The number of benzene rings is 18. The van der Waals surface area contributed by atoms with E-state index in [1.807, 2.05) is 11.1 Å². The molecule has 1 fully saturated rings. The first-order valence-corrected chi connectivity index (χ1v) is 29.1. The Bertz CT molecular complexity index is 7080. The molecule has 2 spiro atoms. The van der Waals surface area contributed by atoms with E-state index < -0.39 is 0 Å². The van der Waals surface area contributed by atoms with Gasteiger partial charge in [-0.1, -0.05) is 45.4 Å². The Morgan fingerprint density at radius 2 is 0.392 bits per heavy atom. The molecule has 1 N–H and O–H groups in total. The Balaban J connectivity index is 1.10. The number of hydrogen-bond donors (Lipinski definition) is 1. The van der Waals surface area contributed by atoms with E-state index in [9.17, 15) is 0 Å². The van der Waals surface area contributed by atoms with E-state index in [4.69, 9.17) is 5.32 Å². The number of hydrogen-bond acceptors (Lipinski definition) is 1. The van der Waals surface area contributed by atoms with Crippen LogP contribution in [0, 0.1) is 0 Å². The molecule has 4 aliphatic carbocycles. The van der Waals surface area contributed by atoms with Crippen molar-refractivity contribution in [2.75, 3.05) is 0 Å². The van der Waals surface area contributed by atoms with Crippen LogP contribution in [-0.4, -0.2) is 11.1 Å². The summed E-state index contributed by atoms with van der Waals surface area (Å²) >= 11 is 0. The first kappa shape index (κ1) is 30.0. The molecule has 1 atom stereocenters. The fourth-order valence-electron chi connectivity index (χ4n) is 27.7. The third-order valence-corrected chi connectivity index (χ3v) is 27.7. The Hall–Kier alpha value is -7.58. The van der Waals surface area contributed by atoms with E-state index in [-0.39, 0.29) is 21.9 Å². The van der Waals surface area contributed by atoms with Gasteiger partial charge in [0.15, 0.2) is 0 Å². The quantitative estimate of drug-likeness (QED) is 0.124. The van der Waals surface area contributed by atoms with Crippen molar-refractivity contribution in [1.29, 1.82) is 0 Å². The number of nitrogens with one attached hydrogen (secondary N) is 1. The highest BCUT2D eigenvalue weighted by atomic mass is 15.2. The Kier molecular flexibility index (Phi) is 2.79. The van der Waals surface area contributed by atoms with Gasteiger partial charge in [0.05, 0.1) is 10.8 Å². The van der Waals surface area contributed by atoms with Crippen LogP contribution < -0.4 is 5.32 Å². The van der Waals surface area contributed by atoms with Gasteiger partial charge in [-0.25, -0.2) is 0 Å². The molecule has 0 aromatic heterocycles. The van der Waals surface area contributed by atoms with E-state index in [0.29, 0.717) is 0 Å². The first-order chi connectivity index (χ1) is 36.5. The Morgan fingerprint density at radius 1 is 0.216 bits per heavy atom. The van der Waals surface area contributed by atoms with Gasteiger partial charge in [-0.3, -0.25) is 0 Å². The summed E-state index contributed by atoms with van der Waals surface area (Å²) < 4.78 is 0. The lowest BCUT2D eigenvalue weighted by Gasteiger charge is -2.58. The highest BCUT2D eigenvalue weighted by molar-refractivity contribution is 6.82. The summed E-state index contributed by atoms with van der Waals surface area (Å²) in [6, 6.07) is 0. The van der Waals surface area contributed by atoms with Crippen LogP contribution in [0.3, 0.4) is 0 Å². The average Bonchev–Trinajstić information content (AvgIpc) is 3.03. The van der Waals surface area contributed by atoms with E-state index in [2.05, 4.69) is 27.7 Å². The second-order valence-electron chi connectivity index (χ2n) is 28.8. The molecular weight excluding hydrogens is 891 g/mol. The minimum atomic E-state index is -0.289. The normalized spacial score (nSPS) is 24.8. The van der Waals surface area contributed by atoms with Crippen LogP contribution in [0.25, 0.3) is 291 Å². The molecule has 74 heavy (non-hydrogen) atoms. The third-order valence-electron chi connectivity index (χ3n) is 27.7. The molecule has 33 rings (SSSR count). The molecule has 28 aromatic carbocycles. The highest BCUT2D eigenvalue weighted by Crippen LogP contribution is 2.88. The molecule has 5 aliphatic rings. The molecule has 1 heterocycles. The van der Waals surface area contributed by atoms with Gasteiger partial charge in [0.25, 0.3) is 0 Å². The maximum Gasteiger partial charge on any atom is 0.0562 e. The molecule has 0 radical (unpaired) electrons. The van der Waals surface area contributed by atoms with E-state index in [0.717, 1.165) is 0 Å². The van der Waals surface area contributed by atoms with Crippen LogP contribution in [0.4, 0.5) is 0 Å². The van der Waals surface area contributed by atoms with Crippen LogP contribution in [0.2, 0.25) is 0 Å². The maximum absolute atomic E-state index is 4.99. The van der Waals surface area contributed by atoms with Crippen LogP contribution >= 0.6 is 0 Å². The molecular formula is C73H27N. The van der Waals surface area contributed by atoms with Crippen LogP contribution in [0.5, 0.6) is 0 Å². The summed E-state index contributed by atoms with van der Waals surface area (Å²) in [6.45, 7) is 10.8. The predicted molar refractivity (Wildman–Crippen MR) is 317 cm³/mol. The molecule has 0 bridgehead atoms. The monoisotopic (exact) mass is 917 g/mol. The zero-order valence-corrected chi connectivity index (χ0v) is 40.4. The van der Waals surface area contributed by atoms with Crippen LogP contribution in [-0.2, 0) is 10.8 Å². The first-order valence-electron chi connectivity index (χ1n) is 29.1. The summed E-state index contributed by atoms with van der Waals surface area (Å²) in [5.41, 5.74) is 6.24. The van der Waals surface area contributed by atoms with Crippen LogP contribution in [0.1, 0.15) is 94.9 Å². The van der Waals surface area contributed by atoms with Crippen molar-refractivity contribution in [3.05, 3.63) is 22.3 Å². The van der Waals surface area contributed by atoms with E-state index in [1.54, 1.807) is 302 Å². The van der Waals surface area contributed by atoms with Gasteiger partial charge in [-0.05, 0) is 340 Å². The average molecular weight is 918 g/mol. The molecule has 324 valence electrons. The Morgan fingerprint density at radius 3 is 0.608 bits per heavy atom. The van der Waals surface area contributed by atoms with Gasteiger partial charge in [0.1, 0.15) is 0 Å². The zero-order valence-electron chi connectivity index (χ0n) is 40.4. The van der Waals surface area contributed by atoms with Crippen molar-refractivity contribution in [1.82, 2.24) is 5.32 Å². The molecule has 1 nitrogen and oxygen atoms in total. The molecule has 1 heteroatoms. The summed E-state index contributed by atoms with van der Waals surface area (Å²) in [7, 11) is 0. The van der Waals surface area contributed by atoms with E-state index >= 15 is 0 Å². The fraction of sp³-hybridized carbons (Fsp3) is 0.205. The summed E-state index contributed by atoms with van der Waals surface area (Å²) in [4.78, 5) is 0. The molecule has 0 amide bonds. The summed E-state index contributed by atoms with van der Waals surface area (Å²) in [5.74, 6) is 0. The second kappa shape index (κ2) is 6.90. The fourth-order valence-corrected chi connectivity index (χ4v) is 27.7. The lowest BCUT2D eigenvalue weighted by atomic mass is 9.41. The largest absolute Gasteiger partial charge is 0.304 e. The van der Waals surface area contributed by atoms with Crippen molar-refractivity contribution in [2.24, 2.45) is 0 Å². The Labute approximate surface area is 410 Å². The lowest BCUT2D eigenvalue weighted by molar-refractivity contribution is 0.230. The minimum Gasteiger partial charge on any atom is -0.304 e. The number of rotatable bonds is 7. The van der Waals surface area contributed by atoms with Gasteiger partial charge in [-0.15, -0.1) is 0 Å². The van der Waals surface area contributed by atoms with Crippen molar-refractivity contribution in [3.63, 3.8) is 0 Å². The summed E-state index contributed by atoms with van der Waals surface area (Å²) in [5, 5.41) is 96.4. The molecule has 1 aliphatic heterocycles. The van der Waals surface area contributed by atoms with Gasteiger partial charge < -0.3 is 5.32 Å². The highest BCUT2D eigenvalue weighted by Gasteiger charge is 2.82. The minimum absolute atomic E-state index is 0.190. The zero-order chi connectivity index (χ0) is 45.1. The molecule has 0 saturated carbocycles. The van der Waals surface area contributed by atoms with Gasteiger partial charge in [0, 0.05) is 11.1 Å². The molecule has 1 unspecified atom stereocenters. The van der Waals surface area contributed by atoms with Gasteiger partial charge in [0.2, 0.25) is 0 Å². The van der Waals surface area contributed by atoms with Gasteiger partial charge >= 0.3 is 0 Å². The second-order valence-corrected chi connectivity index (χ2v) is 28.8. The lowest BCUT2D eigenvalue weighted by Crippen LogP contribution is -2.61. The van der Waals surface area contributed by atoms with Crippen molar-refractivity contribution in [3.8, 4) is 0 Å². The van der Waals surface area contributed by atoms with E-state index in [1.165, 1.54) is 44.9 Å². The standard InChI is InChI=1S/C73H27N/c1-5-6-7-8-9-10-11-71(4)73-68-62-56-46-38-28-20-16-13-12-14-18(20)26-34(28)48(56)54-44-36(26)30-22(14)23-15(12)19-21-17(13)25-24(16)32(38)42-43-33(25)39-29(21)35-27(19)37-31(23)41-40(30)50(44)58-59-51(41)45(37)55-49(35)57-47(39)53(43)65(64(68)52(42)46)69(73)63(57)61(55)67(59)72(73,66(58)60(54)62)70(2,3)74-71/h74H,5-11H2,1-4H3. The molecule has 1 saturated heterocycles. The van der Waals surface area contributed by atoms with Crippen molar-refractivity contribution in [2.45, 2.75) is 94.5 Å². The van der Waals surface area contributed by atoms with Crippen molar-refractivity contribution >= 4 is 291 Å². The number of unbranched alkanes of at least 4 members (excludes halogenated alkanes) is 5. The SMILES string of the molecule is CCCCCCCCC1(C)NC(C)(C)C23c4c5c6c7c8c9c(c%10c%11c2c2c4c4c%12c5c5c6c6c8c8c%13c9c9c%10c%10c%11c%11c2c2c4c4c%12c%12c5c5c6c8c6c8c%13c9c9c%10c%10c%11c2c2c4c4c%12c5c6c5c8c9c%10c2c45)C713. The third kappa shape index (κ3) is 1.63. The predicted octanol–water partition coefficient (Wildman–Crippen LogP) is 20.2. The topological polar surface area (TPSA) is 12.0 Å². The van der Waals surface area contributed by atoms with Gasteiger partial charge in [-0.2, -0.15) is 0 Å². The van der Waals surface area contributed by atoms with Crippen LogP contribution in [0.15, 0.2) is 0 Å². The summed E-state index contributed by atoms with van der Waals surface area (Å²) in [6.07, 6.45) is 9.22.